The Balaban J connectivity index is 2.14. The van der Waals surface area contributed by atoms with Crippen molar-refractivity contribution >= 4 is 17.5 Å². The van der Waals surface area contributed by atoms with E-state index < -0.39 is 0 Å². The van der Waals surface area contributed by atoms with Gasteiger partial charge in [-0.25, -0.2) is 0 Å². The fourth-order valence-corrected chi connectivity index (χ4v) is 2.12. The number of thioether (sulfide) groups is 1. The molecule has 0 aliphatic carbocycles. The van der Waals surface area contributed by atoms with Gasteiger partial charge in [0.2, 0.25) is 0 Å². The molecule has 15 heavy (non-hydrogen) atoms. The van der Waals surface area contributed by atoms with Gasteiger partial charge in [0, 0.05) is 5.56 Å². The summed E-state index contributed by atoms with van der Waals surface area (Å²) in [6.07, 6.45) is 4.69. The lowest BCUT2D eigenvalue weighted by atomic mass is 10.1. The number of rotatable bonds is 2. The molecule has 1 aromatic carbocycles. The number of ketones is 1. The molecule has 0 saturated carbocycles. The maximum atomic E-state index is 11.8. The highest BCUT2D eigenvalue weighted by atomic mass is 32.2. The molecule has 0 aromatic heterocycles. The Morgan fingerprint density at radius 2 is 2.07 bits per heavy atom. The van der Waals surface area contributed by atoms with Crippen LogP contribution in [0.3, 0.4) is 0 Å². The number of allylic oxidation sites excluding steroid dienone is 3. The molecule has 0 amide bonds. The van der Waals surface area contributed by atoms with Gasteiger partial charge >= 0.3 is 0 Å². The highest BCUT2D eigenvalue weighted by molar-refractivity contribution is 8.06. The van der Waals surface area contributed by atoms with Crippen LogP contribution in [0.25, 0.3) is 0 Å². The predicted molar refractivity (Wildman–Crippen MR) is 64.9 cm³/mol. The van der Waals surface area contributed by atoms with Crippen LogP contribution >= 0.6 is 11.8 Å². The van der Waals surface area contributed by atoms with Crippen molar-refractivity contribution in [3.63, 3.8) is 0 Å². The third-order valence-electron chi connectivity index (χ3n) is 2.26. The second kappa shape index (κ2) is 4.49. The minimum Gasteiger partial charge on any atom is -0.289 e. The van der Waals surface area contributed by atoms with E-state index in [9.17, 15) is 4.79 Å². The number of hydrogen-bond donors (Lipinski definition) is 0. The number of benzene rings is 1. The average molecular weight is 216 g/mol. The summed E-state index contributed by atoms with van der Waals surface area (Å²) in [5, 5.41) is 2.02. The molecule has 0 N–H and O–H groups in total. The molecule has 1 heterocycles. The van der Waals surface area contributed by atoms with Gasteiger partial charge in [-0.05, 0) is 29.7 Å². The van der Waals surface area contributed by atoms with Crippen LogP contribution < -0.4 is 0 Å². The molecule has 0 atom stereocenters. The Morgan fingerprint density at radius 1 is 1.33 bits per heavy atom. The Hall–Kier alpha value is -1.28. The molecule has 2 rings (SSSR count). The molecule has 1 aromatic rings. The van der Waals surface area contributed by atoms with Crippen LogP contribution in [-0.2, 0) is 0 Å². The van der Waals surface area contributed by atoms with Crippen LogP contribution in [0.5, 0.6) is 0 Å². The summed E-state index contributed by atoms with van der Waals surface area (Å²) in [6.45, 7) is 2.02. The highest BCUT2D eigenvalue weighted by Gasteiger charge is 2.06. The Kier molecular flexibility index (Phi) is 3.07. The second-order valence-electron chi connectivity index (χ2n) is 3.53. The fraction of sp³-hybridized carbons (Fsp3) is 0.154. The van der Waals surface area contributed by atoms with E-state index in [0.29, 0.717) is 0 Å². The monoisotopic (exact) mass is 216 g/mol. The first kappa shape index (κ1) is 10.2. The molecule has 0 saturated heterocycles. The molecule has 0 unspecified atom stereocenters. The standard InChI is InChI=1S/C13H12OS/c1-10-4-6-11(7-5-10)13(14)9-12-3-2-8-15-12/h2,4-9H,3H2,1H3/b12-9+. The van der Waals surface area contributed by atoms with Crippen LogP contribution in [0, 0.1) is 6.92 Å². The molecule has 0 radical (unpaired) electrons. The smallest absolute Gasteiger partial charge is 0.186 e. The number of aryl methyl sites for hydroxylation is 1. The molecular weight excluding hydrogens is 204 g/mol. The van der Waals surface area contributed by atoms with Crippen molar-refractivity contribution in [2.45, 2.75) is 13.3 Å². The van der Waals surface area contributed by atoms with Crippen molar-refractivity contribution in [1.82, 2.24) is 0 Å². The first-order valence-electron chi connectivity index (χ1n) is 4.89. The van der Waals surface area contributed by atoms with Gasteiger partial charge in [0.05, 0.1) is 0 Å². The van der Waals surface area contributed by atoms with Crippen LogP contribution in [0.4, 0.5) is 0 Å². The Bertz CT molecular complexity index is 416. The summed E-state index contributed by atoms with van der Waals surface area (Å²) >= 11 is 1.63. The maximum Gasteiger partial charge on any atom is 0.186 e. The minimum atomic E-state index is 0.0983. The van der Waals surface area contributed by atoms with E-state index in [1.807, 2.05) is 36.6 Å². The van der Waals surface area contributed by atoms with Crippen molar-refractivity contribution in [3.05, 3.63) is 57.9 Å². The largest absolute Gasteiger partial charge is 0.289 e. The molecule has 2 heteroatoms. The summed E-state index contributed by atoms with van der Waals surface area (Å²) in [5.74, 6) is 0.0983. The van der Waals surface area contributed by atoms with Crippen LogP contribution in [0.1, 0.15) is 22.3 Å². The van der Waals surface area contributed by atoms with Crippen LogP contribution in [0.2, 0.25) is 0 Å². The summed E-state index contributed by atoms with van der Waals surface area (Å²) in [4.78, 5) is 12.9. The average Bonchev–Trinajstić information content (AvgIpc) is 2.71. The number of carbonyl (C=O) groups is 1. The van der Waals surface area contributed by atoms with Gasteiger partial charge in [-0.15, -0.1) is 11.8 Å². The van der Waals surface area contributed by atoms with Gasteiger partial charge in [0.1, 0.15) is 0 Å². The summed E-state index contributed by atoms with van der Waals surface area (Å²) in [7, 11) is 0. The quantitative estimate of drug-likeness (QED) is 0.553. The Labute approximate surface area is 93.9 Å². The Morgan fingerprint density at radius 3 is 2.67 bits per heavy atom. The zero-order chi connectivity index (χ0) is 10.7. The molecule has 76 valence electrons. The lowest BCUT2D eigenvalue weighted by molar-refractivity contribution is 0.104. The first-order valence-corrected chi connectivity index (χ1v) is 5.77. The van der Waals surface area contributed by atoms with Gasteiger partial charge in [-0.3, -0.25) is 4.79 Å². The third kappa shape index (κ3) is 2.60. The summed E-state index contributed by atoms with van der Waals surface area (Å²) in [6, 6.07) is 7.68. The van der Waals surface area contributed by atoms with E-state index in [-0.39, 0.29) is 5.78 Å². The van der Waals surface area contributed by atoms with E-state index in [4.69, 9.17) is 0 Å². The van der Waals surface area contributed by atoms with E-state index in [2.05, 4.69) is 6.08 Å². The maximum absolute atomic E-state index is 11.8. The minimum absolute atomic E-state index is 0.0983. The van der Waals surface area contributed by atoms with Crippen LogP contribution in [0.15, 0.2) is 46.7 Å². The lowest BCUT2D eigenvalue weighted by Gasteiger charge is -1.98. The predicted octanol–water partition coefficient (Wildman–Crippen LogP) is 3.71. The second-order valence-corrected chi connectivity index (χ2v) is 4.57. The highest BCUT2D eigenvalue weighted by Crippen LogP contribution is 2.28. The molecule has 1 nitrogen and oxygen atoms in total. The van der Waals surface area contributed by atoms with Crippen molar-refractivity contribution in [3.8, 4) is 0 Å². The SMILES string of the molecule is Cc1ccc(C(=O)/C=C2\CC=CS2)cc1. The summed E-state index contributed by atoms with van der Waals surface area (Å²) < 4.78 is 0. The zero-order valence-corrected chi connectivity index (χ0v) is 9.38. The van der Waals surface area contributed by atoms with Gasteiger partial charge in [0.15, 0.2) is 5.78 Å². The van der Waals surface area contributed by atoms with Crippen molar-refractivity contribution in [1.29, 1.82) is 0 Å². The van der Waals surface area contributed by atoms with Gasteiger partial charge < -0.3 is 0 Å². The van der Waals surface area contributed by atoms with Crippen molar-refractivity contribution in [2.75, 3.05) is 0 Å². The molecule has 1 aliphatic heterocycles. The van der Waals surface area contributed by atoms with Crippen LogP contribution in [-0.4, -0.2) is 5.78 Å². The molecule has 0 fully saturated rings. The fourth-order valence-electron chi connectivity index (χ4n) is 1.39. The topological polar surface area (TPSA) is 17.1 Å². The van der Waals surface area contributed by atoms with Gasteiger partial charge in [0.25, 0.3) is 0 Å². The van der Waals surface area contributed by atoms with E-state index in [1.165, 1.54) is 5.56 Å². The normalized spacial score (nSPS) is 17.3. The van der Waals surface area contributed by atoms with Crippen molar-refractivity contribution < 1.29 is 4.79 Å². The summed E-state index contributed by atoms with van der Waals surface area (Å²) in [5.41, 5.74) is 1.94. The third-order valence-corrected chi connectivity index (χ3v) is 3.18. The molecular formula is C13H12OS. The number of carbonyl (C=O) groups excluding carboxylic acids is 1. The van der Waals surface area contributed by atoms with E-state index >= 15 is 0 Å². The van der Waals surface area contributed by atoms with E-state index in [0.717, 1.165) is 16.9 Å². The van der Waals surface area contributed by atoms with Gasteiger partial charge in [-0.1, -0.05) is 35.9 Å². The number of hydrogen-bond acceptors (Lipinski definition) is 2. The van der Waals surface area contributed by atoms with Gasteiger partial charge in [-0.2, -0.15) is 0 Å². The molecule has 1 aliphatic rings. The first-order chi connectivity index (χ1) is 7.25. The lowest BCUT2D eigenvalue weighted by Crippen LogP contribution is -1.94. The molecule has 0 spiro atoms. The van der Waals surface area contributed by atoms with Crippen molar-refractivity contribution in [2.24, 2.45) is 0 Å². The van der Waals surface area contributed by atoms with E-state index in [1.54, 1.807) is 17.8 Å². The molecule has 0 bridgehead atoms. The zero-order valence-electron chi connectivity index (χ0n) is 8.57.